The van der Waals surface area contributed by atoms with Crippen molar-refractivity contribution in [2.75, 3.05) is 5.32 Å². The van der Waals surface area contributed by atoms with Crippen LogP contribution in [0.2, 0.25) is 5.02 Å². The second-order valence-electron chi connectivity index (χ2n) is 4.48. The van der Waals surface area contributed by atoms with Gasteiger partial charge in [-0.05, 0) is 44.0 Å². The van der Waals surface area contributed by atoms with Gasteiger partial charge in [0.25, 0.3) is 0 Å². The van der Waals surface area contributed by atoms with Crippen molar-refractivity contribution < 1.29 is 0 Å². The van der Waals surface area contributed by atoms with Crippen LogP contribution < -0.4 is 5.32 Å². The van der Waals surface area contributed by atoms with Gasteiger partial charge in [0, 0.05) is 11.1 Å². The Morgan fingerprint density at radius 1 is 1.35 bits per heavy atom. The van der Waals surface area contributed by atoms with E-state index in [0.29, 0.717) is 6.04 Å². The third-order valence-corrected chi connectivity index (χ3v) is 3.41. The molecule has 0 saturated carbocycles. The molecule has 1 aliphatic rings. The lowest BCUT2D eigenvalue weighted by Crippen LogP contribution is -2.22. The third kappa shape index (κ3) is 1.91. The smallest absolute Gasteiger partial charge is 0.0766 e. The van der Waals surface area contributed by atoms with Crippen LogP contribution in [0, 0.1) is 0 Å². The van der Waals surface area contributed by atoms with E-state index in [1.807, 2.05) is 35.1 Å². The molecule has 0 aliphatic carbocycles. The fourth-order valence-electron chi connectivity index (χ4n) is 2.23. The van der Waals surface area contributed by atoms with Crippen LogP contribution in [0.25, 0.3) is 5.69 Å². The molecular weight excluding hydrogens is 234 g/mol. The number of nitrogens with zero attached hydrogens (tertiary/aromatic N) is 2. The number of fused-ring (bicyclic) bond motifs is 1. The van der Waals surface area contributed by atoms with Gasteiger partial charge in [-0.25, -0.2) is 4.68 Å². The predicted molar refractivity (Wildman–Crippen MR) is 70.0 cm³/mol. The molecule has 0 fully saturated rings. The molecule has 0 bridgehead atoms. The van der Waals surface area contributed by atoms with Gasteiger partial charge >= 0.3 is 0 Å². The quantitative estimate of drug-likeness (QED) is 0.838. The highest BCUT2D eigenvalue weighted by atomic mass is 35.5. The molecule has 3 nitrogen and oxygen atoms in total. The summed E-state index contributed by atoms with van der Waals surface area (Å²) < 4.78 is 1.99. The van der Waals surface area contributed by atoms with E-state index in [9.17, 15) is 0 Å². The zero-order valence-electron chi connectivity index (χ0n) is 9.65. The molecule has 4 heteroatoms. The van der Waals surface area contributed by atoms with E-state index in [1.165, 1.54) is 5.69 Å². The Labute approximate surface area is 105 Å². The molecule has 1 aromatic carbocycles. The van der Waals surface area contributed by atoms with Crippen LogP contribution in [0.1, 0.15) is 19.0 Å². The minimum Gasteiger partial charge on any atom is -0.380 e. The topological polar surface area (TPSA) is 29.9 Å². The number of hydrogen-bond donors (Lipinski definition) is 1. The molecule has 0 radical (unpaired) electrons. The van der Waals surface area contributed by atoms with E-state index in [-0.39, 0.29) is 0 Å². The summed E-state index contributed by atoms with van der Waals surface area (Å²) in [6.45, 7) is 2.20. The summed E-state index contributed by atoms with van der Waals surface area (Å²) in [5.41, 5.74) is 3.47. The first kappa shape index (κ1) is 10.7. The van der Waals surface area contributed by atoms with E-state index >= 15 is 0 Å². The summed E-state index contributed by atoms with van der Waals surface area (Å²) in [6.07, 6.45) is 4.11. The van der Waals surface area contributed by atoms with Crippen LogP contribution >= 0.6 is 11.6 Å². The number of benzene rings is 1. The lowest BCUT2D eigenvalue weighted by molar-refractivity contribution is 0.652. The molecule has 0 amide bonds. The molecule has 1 unspecified atom stereocenters. The van der Waals surface area contributed by atoms with E-state index in [1.54, 1.807) is 0 Å². The molecular formula is C13H14ClN3. The van der Waals surface area contributed by atoms with Crippen molar-refractivity contribution >= 4 is 17.3 Å². The van der Waals surface area contributed by atoms with Crippen molar-refractivity contribution in [1.82, 2.24) is 9.78 Å². The molecule has 1 aromatic heterocycles. The maximum Gasteiger partial charge on any atom is 0.0766 e. The molecule has 0 spiro atoms. The Balaban J connectivity index is 2.02. The number of rotatable bonds is 1. The summed E-state index contributed by atoms with van der Waals surface area (Å²) in [6, 6.07) is 8.31. The van der Waals surface area contributed by atoms with Crippen LogP contribution in [0.5, 0.6) is 0 Å². The highest BCUT2D eigenvalue weighted by Crippen LogP contribution is 2.26. The molecule has 1 N–H and O–H groups in total. The van der Waals surface area contributed by atoms with E-state index in [4.69, 9.17) is 11.6 Å². The van der Waals surface area contributed by atoms with Gasteiger partial charge in [0.15, 0.2) is 0 Å². The summed E-state index contributed by atoms with van der Waals surface area (Å²) in [4.78, 5) is 0. The largest absolute Gasteiger partial charge is 0.380 e. The summed E-state index contributed by atoms with van der Waals surface area (Å²) in [5, 5.41) is 8.65. The highest BCUT2D eigenvalue weighted by molar-refractivity contribution is 6.30. The molecule has 3 rings (SSSR count). The summed E-state index contributed by atoms with van der Waals surface area (Å²) >= 11 is 5.89. The molecule has 2 aromatic rings. The van der Waals surface area contributed by atoms with Crippen molar-refractivity contribution in [2.24, 2.45) is 0 Å². The highest BCUT2D eigenvalue weighted by Gasteiger charge is 2.19. The van der Waals surface area contributed by atoms with Gasteiger partial charge in [-0.1, -0.05) is 11.6 Å². The van der Waals surface area contributed by atoms with Gasteiger partial charge in [0.2, 0.25) is 0 Å². The average Bonchev–Trinajstić information content (AvgIpc) is 2.73. The third-order valence-electron chi connectivity index (χ3n) is 3.16. The maximum absolute atomic E-state index is 5.89. The van der Waals surface area contributed by atoms with Crippen molar-refractivity contribution in [2.45, 2.75) is 25.8 Å². The Bertz CT molecular complexity index is 530. The molecule has 2 heterocycles. The van der Waals surface area contributed by atoms with Crippen molar-refractivity contribution in [1.29, 1.82) is 0 Å². The van der Waals surface area contributed by atoms with Crippen molar-refractivity contribution in [3.05, 3.63) is 41.2 Å². The van der Waals surface area contributed by atoms with Crippen LogP contribution in [0.4, 0.5) is 5.69 Å². The monoisotopic (exact) mass is 247 g/mol. The fraction of sp³-hybridized carbons (Fsp3) is 0.308. The van der Waals surface area contributed by atoms with Crippen LogP contribution in [0.3, 0.4) is 0 Å². The number of aromatic nitrogens is 2. The Hall–Kier alpha value is -1.48. The number of hydrogen-bond acceptors (Lipinski definition) is 2. The van der Waals surface area contributed by atoms with Gasteiger partial charge < -0.3 is 5.32 Å². The SMILES string of the molecule is CC1CCc2c(cnn2-c2ccc(Cl)cc2)N1. The lowest BCUT2D eigenvalue weighted by Gasteiger charge is -2.21. The first-order chi connectivity index (χ1) is 8.24. The van der Waals surface area contributed by atoms with Gasteiger partial charge in [-0.2, -0.15) is 5.10 Å². The second kappa shape index (κ2) is 4.08. The second-order valence-corrected chi connectivity index (χ2v) is 4.91. The predicted octanol–water partition coefficient (Wildman–Crippen LogP) is 3.27. The zero-order valence-corrected chi connectivity index (χ0v) is 10.4. The van der Waals surface area contributed by atoms with E-state index in [2.05, 4.69) is 17.3 Å². The fourth-order valence-corrected chi connectivity index (χ4v) is 2.36. The summed E-state index contributed by atoms with van der Waals surface area (Å²) in [7, 11) is 0. The Kier molecular flexibility index (Phi) is 2.56. The average molecular weight is 248 g/mol. The number of halogens is 1. The van der Waals surface area contributed by atoms with Crippen molar-refractivity contribution in [3.63, 3.8) is 0 Å². The number of nitrogens with one attached hydrogen (secondary N) is 1. The molecule has 0 saturated heterocycles. The van der Waals surface area contributed by atoms with Crippen LogP contribution in [0.15, 0.2) is 30.5 Å². The van der Waals surface area contributed by atoms with Crippen LogP contribution in [-0.4, -0.2) is 15.8 Å². The molecule has 88 valence electrons. The van der Waals surface area contributed by atoms with Gasteiger partial charge in [0.1, 0.15) is 0 Å². The minimum absolute atomic E-state index is 0.533. The normalized spacial score (nSPS) is 18.6. The summed E-state index contributed by atoms with van der Waals surface area (Å²) in [5.74, 6) is 0. The van der Waals surface area contributed by atoms with Crippen molar-refractivity contribution in [3.8, 4) is 5.69 Å². The standard InChI is InChI=1S/C13H14ClN3/c1-9-2-7-13-12(16-9)8-15-17(13)11-5-3-10(14)4-6-11/h3-6,8-9,16H,2,7H2,1H3. The van der Waals surface area contributed by atoms with Gasteiger partial charge in [0.05, 0.1) is 23.3 Å². The molecule has 1 atom stereocenters. The van der Waals surface area contributed by atoms with E-state index in [0.717, 1.165) is 29.2 Å². The molecule has 17 heavy (non-hydrogen) atoms. The first-order valence-electron chi connectivity index (χ1n) is 5.83. The number of anilines is 1. The van der Waals surface area contributed by atoms with Gasteiger partial charge in [-0.15, -0.1) is 0 Å². The molecule has 1 aliphatic heterocycles. The van der Waals surface area contributed by atoms with E-state index < -0.39 is 0 Å². The first-order valence-corrected chi connectivity index (χ1v) is 6.21. The Morgan fingerprint density at radius 2 is 2.12 bits per heavy atom. The minimum atomic E-state index is 0.533. The Morgan fingerprint density at radius 3 is 2.88 bits per heavy atom. The maximum atomic E-state index is 5.89. The van der Waals surface area contributed by atoms with Gasteiger partial charge in [-0.3, -0.25) is 0 Å². The lowest BCUT2D eigenvalue weighted by atomic mass is 10.1. The van der Waals surface area contributed by atoms with Crippen LogP contribution in [-0.2, 0) is 6.42 Å². The zero-order chi connectivity index (χ0) is 11.8.